The Bertz CT molecular complexity index is 1190. The molecule has 33 heavy (non-hydrogen) atoms. The molecule has 7 nitrogen and oxygen atoms in total. The molecule has 0 fully saturated rings. The van der Waals surface area contributed by atoms with E-state index in [1.807, 2.05) is 6.92 Å². The van der Waals surface area contributed by atoms with Gasteiger partial charge in [-0.15, -0.1) is 0 Å². The summed E-state index contributed by atoms with van der Waals surface area (Å²) in [5.41, 5.74) is 1.83. The monoisotopic (exact) mass is 546 g/mol. The second-order valence-electron chi connectivity index (χ2n) is 6.99. The van der Waals surface area contributed by atoms with E-state index < -0.39 is 24.7 Å². The number of rotatable bonds is 7. The Hall–Kier alpha value is -2.79. The molecular weight excluding hydrogens is 529 g/mol. The third-order valence-electron chi connectivity index (χ3n) is 4.61. The Morgan fingerprint density at radius 2 is 2.00 bits per heavy atom. The fraction of sp³-hybridized carbons (Fsp3) is 0.286. The maximum absolute atomic E-state index is 12.4. The van der Waals surface area contributed by atoms with Gasteiger partial charge in [0.25, 0.3) is 5.91 Å². The first kappa shape index (κ1) is 24.8. The number of aromatic nitrogens is 2. The van der Waals surface area contributed by atoms with Gasteiger partial charge in [-0.25, -0.2) is 9.97 Å². The molecule has 1 aromatic heterocycles. The highest BCUT2D eigenvalue weighted by Gasteiger charge is 2.29. The van der Waals surface area contributed by atoms with Crippen molar-refractivity contribution >= 4 is 55.8 Å². The lowest BCUT2D eigenvalue weighted by Crippen LogP contribution is -2.41. The number of nitrogens with one attached hydrogen (secondary N) is 2. The zero-order valence-corrected chi connectivity index (χ0v) is 20.0. The van der Waals surface area contributed by atoms with Gasteiger partial charge in [0, 0.05) is 22.0 Å². The predicted molar refractivity (Wildman–Crippen MR) is 122 cm³/mol. The summed E-state index contributed by atoms with van der Waals surface area (Å²) < 4.78 is 49.0. The molecule has 1 heterocycles. The van der Waals surface area contributed by atoms with Crippen molar-refractivity contribution in [2.24, 2.45) is 0 Å². The molecule has 0 spiro atoms. The number of amides is 1. The number of alkyl halides is 3. The lowest BCUT2D eigenvalue weighted by atomic mass is 10.1. The highest BCUT2D eigenvalue weighted by Crippen LogP contribution is 2.39. The summed E-state index contributed by atoms with van der Waals surface area (Å²) in [5.74, 6) is 0.286. The largest absolute Gasteiger partial charge is 0.495 e. The molecule has 0 aliphatic carbocycles. The van der Waals surface area contributed by atoms with Gasteiger partial charge in [-0.1, -0.05) is 11.6 Å². The van der Waals surface area contributed by atoms with Crippen LogP contribution in [-0.4, -0.2) is 41.8 Å². The molecule has 1 amide bonds. The maximum Gasteiger partial charge on any atom is 0.405 e. The Balaban J connectivity index is 1.93. The first-order valence-electron chi connectivity index (χ1n) is 9.55. The lowest BCUT2D eigenvalue weighted by Gasteiger charge is -2.19. The van der Waals surface area contributed by atoms with Gasteiger partial charge in [-0.05, 0) is 48.0 Å². The molecular formula is C21H19BrClF3N4O3. The molecule has 12 heteroatoms. The number of carbonyl (C=O) groups is 1. The van der Waals surface area contributed by atoms with Crippen LogP contribution in [0.5, 0.6) is 11.5 Å². The number of halogens is 5. The van der Waals surface area contributed by atoms with Gasteiger partial charge in [0.1, 0.15) is 30.2 Å². The molecule has 1 unspecified atom stereocenters. The topological polar surface area (TPSA) is 85.4 Å². The Kier molecular flexibility index (Phi) is 7.53. The van der Waals surface area contributed by atoms with Crippen LogP contribution in [0, 0.1) is 6.92 Å². The van der Waals surface area contributed by atoms with Crippen molar-refractivity contribution in [3.8, 4) is 11.5 Å². The molecule has 176 valence electrons. The molecule has 0 aliphatic heterocycles. The summed E-state index contributed by atoms with van der Waals surface area (Å²) in [6.07, 6.45) is -4.36. The fourth-order valence-electron chi connectivity index (χ4n) is 3.10. The molecule has 0 saturated heterocycles. The number of ether oxygens (including phenoxy) is 2. The second-order valence-corrected chi connectivity index (χ2v) is 8.28. The van der Waals surface area contributed by atoms with Gasteiger partial charge < -0.3 is 20.1 Å². The number of carbonyl (C=O) groups excluding carboxylic acids is 1. The van der Waals surface area contributed by atoms with Crippen molar-refractivity contribution < 1.29 is 27.4 Å². The maximum atomic E-state index is 12.4. The van der Waals surface area contributed by atoms with Crippen LogP contribution < -0.4 is 20.1 Å². The molecule has 1 atom stereocenters. The minimum Gasteiger partial charge on any atom is -0.495 e. The van der Waals surface area contributed by atoms with E-state index in [1.165, 1.54) is 19.3 Å². The molecule has 3 rings (SSSR count). The van der Waals surface area contributed by atoms with Gasteiger partial charge in [0.2, 0.25) is 0 Å². The van der Waals surface area contributed by atoms with E-state index in [2.05, 4.69) is 31.2 Å². The van der Waals surface area contributed by atoms with E-state index in [0.717, 1.165) is 10.0 Å². The number of methoxy groups -OCH3 is 1. The van der Waals surface area contributed by atoms with Crippen LogP contribution in [0.2, 0.25) is 5.02 Å². The van der Waals surface area contributed by atoms with Crippen LogP contribution in [0.25, 0.3) is 10.9 Å². The number of nitrogens with zero attached hydrogens (tertiary/aromatic N) is 2. The molecule has 2 aromatic carbocycles. The van der Waals surface area contributed by atoms with E-state index in [-0.39, 0.29) is 5.75 Å². The number of hydrogen-bond donors (Lipinski definition) is 2. The molecule has 2 N–H and O–H groups in total. The van der Waals surface area contributed by atoms with Gasteiger partial charge in [-0.2, -0.15) is 13.2 Å². The summed E-state index contributed by atoms with van der Waals surface area (Å²) in [5, 5.41) is 5.93. The molecule has 0 bridgehead atoms. The van der Waals surface area contributed by atoms with Crippen LogP contribution in [0.4, 0.5) is 24.7 Å². The molecule has 0 saturated carbocycles. The van der Waals surface area contributed by atoms with Crippen molar-refractivity contribution in [1.82, 2.24) is 15.3 Å². The molecule has 0 radical (unpaired) electrons. The van der Waals surface area contributed by atoms with Gasteiger partial charge in [0.15, 0.2) is 6.10 Å². The summed E-state index contributed by atoms with van der Waals surface area (Å²) in [6, 6.07) is 6.45. The molecule has 0 aliphatic rings. The van der Waals surface area contributed by atoms with Crippen LogP contribution in [0.3, 0.4) is 0 Å². The third kappa shape index (κ3) is 5.97. The van der Waals surface area contributed by atoms with Crippen molar-refractivity contribution in [1.29, 1.82) is 0 Å². The predicted octanol–water partition coefficient (Wildman–Crippen LogP) is 5.55. The first-order chi connectivity index (χ1) is 15.5. The van der Waals surface area contributed by atoms with Crippen molar-refractivity contribution in [3.63, 3.8) is 0 Å². The smallest absolute Gasteiger partial charge is 0.405 e. The number of anilines is 2. The van der Waals surface area contributed by atoms with E-state index in [9.17, 15) is 18.0 Å². The normalized spacial score (nSPS) is 12.4. The Morgan fingerprint density at radius 3 is 2.67 bits per heavy atom. The Labute approximate surface area is 200 Å². The van der Waals surface area contributed by atoms with E-state index in [0.29, 0.717) is 33.2 Å². The summed E-state index contributed by atoms with van der Waals surface area (Å²) in [7, 11) is 1.55. The van der Waals surface area contributed by atoms with Gasteiger partial charge in [-0.3, -0.25) is 4.79 Å². The highest BCUT2D eigenvalue weighted by atomic mass is 79.9. The van der Waals surface area contributed by atoms with Crippen molar-refractivity contribution in [2.45, 2.75) is 26.1 Å². The number of fused-ring (bicyclic) bond motifs is 1. The highest BCUT2D eigenvalue weighted by molar-refractivity contribution is 9.10. The van der Waals surface area contributed by atoms with Crippen molar-refractivity contribution in [3.05, 3.63) is 45.7 Å². The number of benzene rings is 2. The number of aryl methyl sites for hydroxylation is 1. The first-order valence-corrected chi connectivity index (χ1v) is 10.7. The third-order valence-corrected chi connectivity index (χ3v) is 5.43. The van der Waals surface area contributed by atoms with E-state index in [1.54, 1.807) is 30.6 Å². The summed E-state index contributed by atoms with van der Waals surface area (Å²) in [4.78, 5) is 20.7. The standard InChI is InChI=1S/C21H19BrClF3N4O3/c1-10-17-15(7-13(22)18(10)32-3)28-9-29-19(17)30-14-5-4-12(23)6-16(14)33-11(2)20(31)27-8-21(24,25)26/h4-7,9,11H,8H2,1-3H3,(H,27,31)(H,28,29,30). The van der Waals surface area contributed by atoms with E-state index in [4.69, 9.17) is 21.1 Å². The zero-order valence-electron chi connectivity index (χ0n) is 17.7. The Morgan fingerprint density at radius 1 is 1.27 bits per heavy atom. The average Bonchev–Trinajstić information content (AvgIpc) is 2.73. The minimum absolute atomic E-state index is 0.158. The van der Waals surface area contributed by atoms with Crippen LogP contribution in [0.1, 0.15) is 12.5 Å². The zero-order chi connectivity index (χ0) is 24.3. The second kappa shape index (κ2) is 10.0. The SMILES string of the molecule is COc1c(Br)cc2ncnc(Nc3ccc(Cl)cc3OC(C)C(=O)NCC(F)(F)F)c2c1C. The summed E-state index contributed by atoms with van der Waals surface area (Å²) >= 11 is 9.53. The number of hydrogen-bond acceptors (Lipinski definition) is 6. The quantitative estimate of drug-likeness (QED) is 0.403. The van der Waals surface area contributed by atoms with Gasteiger partial charge in [0.05, 0.1) is 22.8 Å². The average molecular weight is 548 g/mol. The van der Waals surface area contributed by atoms with Gasteiger partial charge >= 0.3 is 6.18 Å². The van der Waals surface area contributed by atoms with E-state index >= 15 is 0 Å². The fourth-order valence-corrected chi connectivity index (χ4v) is 3.94. The minimum atomic E-state index is -4.53. The van der Waals surface area contributed by atoms with Crippen LogP contribution in [0.15, 0.2) is 35.1 Å². The lowest BCUT2D eigenvalue weighted by molar-refractivity contribution is -0.142. The summed E-state index contributed by atoms with van der Waals surface area (Å²) in [6.45, 7) is 1.74. The molecule has 3 aromatic rings. The van der Waals surface area contributed by atoms with Crippen LogP contribution >= 0.6 is 27.5 Å². The van der Waals surface area contributed by atoms with Crippen molar-refractivity contribution in [2.75, 3.05) is 19.0 Å². The van der Waals surface area contributed by atoms with Crippen LogP contribution in [-0.2, 0) is 4.79 Å².